The molecular weight excluding hydrogens is 226 g/mol. The van der Waals surface area contributed by atoms with E-state index in [4.69, 9.17) is 4.74 Å². The van der Waals surface area contributed by atoms with Crippen LogP contribution in [-0.2, 0) is 6.54 Å². The molecule has 1 aromatic rings. The van der Waals surface area contributed by atoms with Gasteiger partial charge in [-0.3, -0.25) is 4.90 Å². The number of hydrogen-bond acceptors (Lipinski definition) is 3. The lowest BCUT2D eigenvalue weighted by Crippen LogP contribution is -2.63. The first kappa shape index (κ1) is 13.4. The summed E-state index contributed by atoms with van der Waals surface area (Å²) in [5.74, 6) is 1.25. The first-order chi connectivity index (χ1) is 8.53. The van der Waals surface area contributed by atoms with Crippen molar-refractivity contribution in [3.63, 3.8) is 0 Å². The van der Waals surface area contributed by atoms with Crippen LogP contribution in [0, 0.1) is 5.92 Å². The van der Waals surface area contributed by atoms with E-state index in [1.54, 1.807) is 0 Å². The molecule has 0 aromatic heterocycles. The average molecular weight is 249 g/mol. The fourth-order valence-electron chi connectivity index (χ4n) is 2.32. The highest BCUT2D eigenvalue weighted by atomic mass is 16.5. The van der Waals surface area contributed by atoms with Gasteiger partial charge in [-0.05, 0) is 30.5 Å². The minimum Gasteiger partial charge on any atom is -0.494 e. The maximum Gasteiger partial charge on any atom is 0.119 e. The van der Waals surface area contributed by atoms with Crippen LogP contribution in [0.4, 0.5) is 0 Å². The zero-order chi connectivity index (χ0) is 13.2. The molecule has 1 aliphatic heterocycles. The van der Waals surface area contributed by atoms with Gasteiger partial charge in [0.05, 0.1) is 12.2 Å². The molecule has 0 atom stereocenters. The molecule has 0 aliphatic carbocycles. The van der Waals surface area contributed by atoms with Crippen molar-refractivity contribution in [2.24, 2.45) is 5.92 Å². The number of ether oxygens (including phenoxy) is 1. The summed E-state index contributed by atoms with van der Waals surface area (Å²) in [4.78, 5) is 2.27. The zero-order valence-corrected chi connectivity index (χ0v) is 11.5. The van der Waals surface area contributed by atoms with Crippen LogP contribution in [0.2, 0.25) is 0 Å². The molecule has 1 aliphatic rings. The summed E-state index contributed by atoms with van der Waals surface area (Å²) < 4.78 is 5.42. The van der Waals surface area contributed by atoms with Crippen LogP contribution < -0.4 is 4.74 Å². The minimum absolute atomic E-state index is 0.328. The third kappa shape index (κ3) is 2.85. The van der Waals surface area contributed by atoms with E-state index in [-0.39, 0.29) is 0 Å². The van der Waals surface area contributed by atoms with Gasteiger partial charge < -0.3 is 9.84 Å². The predicted octanol–water partition coefficient (Wildman–Crippen LogP) is 2.29. The van der Waals surface area contributed by atoms with E-state index in [1.807, 2.05) is 19.1 Å². The lowest BCUT2D eigenvalue weighted by molar-refractivity contribution is -0.130. The molecule has 18 heavy (non-hydrogen) atoms. The number of hydrogen-bond donors (Lipinski definition) is 1. The summed E-state index contributed by atoms with van der Waals surface area (Å²) >= 11 is 0. The van der Waals surface area contributed by atoms with Gasteiger partial charge in [-0.1, -0.05) is 26.0 Å². The third-order valence-corrected chi connectivity index (χ3v) is 3.71. The van der Waals surface area contributed by atoms with E-state index in [2.05, 4.69) is 30.9 Å². The molecule has 2 rings (SSSR count). The van der Waals surface area contributed by atoms with Gasteiger partial charge in [-0.25, -0.2) is 0 Å². The van der Waals surface area contributed by atoms with Crippen LogP contribution in [0.25, 0.3) is 0 Å². The van der Waals surface area contributed by atoms with E-state index in [0.717, 1.165) is 25.4 Å². The summed E-state index contributed by atoms with van der Waals surface area (Å²) in [6, 6.07) is 8.20. The van der Waals surface area contributed by atoms with Crippen LogP contribution in [0.15, 0.2) is 24.3 Å². The van der Waals surface area contributed by atoms with Crippen LogP contribution in [0.3, 0.4) is 0 Å². The second-order valence-electron chi connectivity index (χ2n) is 5.48. The number of nitrogens with zero attached hydrogens (tertiary/aromatic N) is 1. The fourth-order valence-corrected chi connectivity index (χ4v) is 2.32. The van der Waals surface area contributed by atoms with Gasteiger partial charge in [-0.15, -0.1) is 0 Å². The summed E-state index contributed by atoms with van der Waals surface area (Å²) in [6.07, 6.45) is 0. The van der Waals surface area contributed by atoms with Gasteiger partial charge in [-0.2, -0.15) is 0 Å². The molecule has 0 amide bonds. The van der Waals surface area contributed by atoms with Crippen molar-refractivity contribution >= 4 is 0 Å². The Bertz CT molecular complexity index is 380. The van der Waals surface area contributed by atoms with Gasteiger partial charge >= 0.3 is 0 Å². The first-order valence-corrected chi connectivity index (χ1v) is 6.70. The molecule has 1 aromatic carbocycles. The Labute approximate surface area is 109 Å². The predicted molar refractivity (Wildman–Crippen MR) is 72.7 cm³/mol. The lowest BCUT2D eigenvalue weighted by Gasteiger charge is -2.49. The SMILES string of the molecule is CCOc1ccc(CN2CC(O)(C(C)C)C2)cc1. The van der Waals surface area contributed by atoms with Gasteiger partial charge in [0.25, 0.3) is 0 Å². The van der Waals surface area contributed by atoms with Crippen LogP contribution in [0.1, 0.15) is 26.3 Å². The molecule has 3 heteroatoms. The maximum atomic E-state index is 10.2. The smallest absolute Gasteiger partial charge is 0.119 e. The van der Waals surface area contributed by atoms with E-state index in [0.29, 0.717) is 12.5 Å². The Morgan fingerprint density at radius 1 is 1.28 bits per heavy atom. The standard InChI is InChI=1S/C15H23NO2/c1-4-18-14-7-5-13(6-8-14)9-16-10-15(17,11-16)12(2)3/h5-8,12,17H,4,9-11H2,1-3H3. The summed E-state index contributed by atoms with van der Waals surface area (Å²) in [7, 11) is 0. The number of rotatable bonds is 5. The quantitative estimate of drug-likeness (QED) is 0.869. The molecule has 3 nitrogen and oxygen atoms in total. The van der Waals surface area contributed by atoms with Crippen LogP contribution >= 0.6 is 0 Å². The summed E-state index contributed by atoms with van der Waals surface area (Å²) in [6.45, 7) is 9.30. The molecule has 1 fully saturated rings. The molecule has 100 valence electrons. The lowest BCUT2D eigenvalue weighted by atomic mass is 9.83. The van der Waals surface area contributed by atoms with Crippen LogP contribution in [-0.4, -0.2) is 35.3 Å². The normalized spacial score (nSPS) is 18.7. The highest BCUT2D eigenvalue weighted by molar-refractivity contribution is 5.27. The Morgan fingerprint density at radius 3 is 2.39 bits per heavy atom. The number of β-amino-alcohol motifs (C(OH)–C–C–N with tert-alkyl or cyclic N) is 1. The molecule has 1 heterocycles. The van der Waals surface area contributed by atoms with Crippen molar-refractivity contribution in [3.05, 3.63) is 29.8 Å². The van der Waals surface area contributed by atoms with Gasteiger partial charge in [0, 0.05) is 19.6 Å². The van der Waals surface area contributed by atoms with Crippen molar-refractivity contribution < 1.29 is 9.84 Å². The fraction of sp³-hybridized carbons (Fsp3) is 0.600. The minimum atomic E-state index is -0.481. The summed E-state index contributed by atoms with van der Waals surface area (Å²) in [5, 5.41) is 10.2. The molecule has 1 N–H and O–H groups in total. The average Bonchev–Trinajstić information content (AvgIpc) is 2.29. The Kier molecular flexibility index (Phi) is 3.93. The van der Waals surface area contributed by atoms with E-state index >= 15 is 0 Å². The van der Waals surface area contributed by atoms with E-state index < -0.39 is 5.60 Å². The Balaban J connectivity index is 1.85. The highest BCUT2D eigenvalue weighted by Crippen LogP contribution is 2.29. The zero-order valence-electron chi connectivity index (χ0n) is 11.5. The van der Waals surface area contributed by atoms with Crippen molar-refractivity contribution in [3.8, 4) is 5.75 Å². The molecule has 0 saturated carbocycles. The third-order valence-electron chi connectivity index (χ3n) is 3.71. The van der Waals surface area contributed by atoms with Crippen molar-refractivity contribution in [1.82, 2.24) is 4.90 Å². The second-order valence-corrected chi connectivity index (χ2v) is 5.48. The van der Waals surface area contributed by atoms with E-state index in [1.165, 1.54) is 5.56 Å². The van der Waals surface area contributed by atoms with Gasteiger partial charge in [0.1, 0.15) is 5.75 Å². The Hall–Kier alpha value is -1.06. The van der Waals surface area contributed by atoms with Crippen LogP contribution in [0.5, 0.6) is 5.75 Å². The van der Waals surface area contributed by atoms with Gasteiger partial charge in [0.2, 0.25) is 0 Å². The molecular formula is C15H23NO2. The highest BCUT2D eigenvalue weighted by Gasteiger charge is 2.43. The first-order valence-electron chi connectivity index (χ1n) is 6.70. The molecule has 0 unspecified atom stereocenters. The second kappa shape index (κ2) is 5.29. The maximum absolute atomic E-state index is 10.2. The van der Waals surface area contributed by atoms with E-state index in [9.17, 15) is 5.11 Å². The molecule has 0 radical (unpaired) electrons. The largest absolute Gasteiger partial charge is 0.494 e. The monoisotopic (exact) mass is 249 g/mol. The van der Waals surface area contributed by atoms with Gasteiger partial charge in [0.15, 0.2) is 0 Å². The Morgan fingerprint density at radius 2 is 1.89 bits per heavy atom. The molecule has 0 bridgehead atoms. The number of likely N-dealkylation sites (tertiary alicyclic amines) is 1. The number of aliphatic hydroxyl groups is 1. The van der Waals surface area contributed by atoms with Crippen molar-refractivity contribution in [1.29, 1.82) is 0 Å². The molecule has 0 spiro atoms. The van der Waals surface area contributed by atoms with Crippen molar-refractivity contribution in [2.45, 2.75) is 32.9 Å². The molecule has 1 saturated heterocycles. The summed E-state index contributed by atoms with van der Waals surface area (Å²) in [5.41, 5.74) is 0.787. The number of benzene rings is 1. The van der Waals surface area contributed by atoms with Crippen molar-refractivity contribution in [2.75, 3.05) is 19.7 Å². The topological polar surface area (TPSA) is 32.7 Å².